The van der Waals surface area contributed by atoms with E-state index < -0.39 is 0 Å². The summed E-state index contributed by atoms with van der Waals surface area (Å²) in [4.78, 5) is 16.3. The summed E-state index contributed by atoms with van der Waals surface area (Å²) in [5, 5.41) is 4.01. The van der Waals surface area contributed by atoms with Crippen LogP contribution in [0.2, 0.25) is 0 Å². The minimum absolute atomic E-state index is 0.276. The zero-order valence-corrected chi connectivity index (χ0v) is 13.9. The number of nitrogens with zero attached hydrogens (tertiary/aromatic N) is 4. The van der Waals surface area contributed by atoms with E-state index in [-0.39, 0.29) is 5.82 Å². The van der Waals surface area contributed by atoms with Crippen LogP contribution in [0.5, 0.6) is 0 Å². The molecule has 3 rings (SSSR count). The highest BCUT2D eigenvalue weighted by Gasteiger charge is 2.13. The summed E-state index contributed by atoms with van der Waals surface area (Å²) in [5.74, 6) is 0.190. The molecule has 0 saturated carbocycles. The van der Waals surface area contributed by atoms with Crippen LogP contribution in [0, 0.1) is 12.7 Å². The van der Waals surface area contributed by atoms with E-state index in [9.17, 15) is 4.39 Å². The molecule has 0 amide bonds. The topological polar surface area (TPSA) is 53.9 Å². The third kappa shape index (κ3) is 3.45. The third-order valence-electron chi connectivity index (χ3n) is 3.16. The lowest BCUT2D eigenvalue weighted by Crippen LogP contribution is -2.07. The lowest BCUT2D eigenvalue weighted by Gasteiger charge is -2.06. The molecule has 1 aromatic carbocycles. The van der Waals surface area contributed by atoms with E-state index in [1.54, 1.807) is 29.7 Å². The van der Waals surface area contributed by atoms with Crippen LogP contribution in [0.3, 0.4) is 0 Å². The SMILES string of the molecule is Cc1nc(N(C)C)sc1-c1ccnc(Nc2ccc(F)cc2)n1. The Hall–Kier alpha value is -2.54. The summed E-state index contributed by atoms with van der Waals surface area (Å²) in [7, 11) is 3.92. The molecule has 0 aliphatic carbocycles. The third-order valence-corrected chi connectivity index (χ3v) is 4.50. The smallest absolute Gasteiger partial charge is 0.227 e. The highest BCUT2D eigenvalue weighted by atomic mass is 32.1. The second kappa shape index (κ2) is 6.29. The van der Waals surface area contributed by atoms with Gasteiger partial charge in [-0.25, -0.2) is 19.3 Å². The van der Waals surface area contributed by atoms with Crippen molar-refractivity contribution in [3.8, 4) is 10.6 Å². The molecule has 0 saturated heterocycles. The van der Waals surface area contributed by atoms with Crippen molar-refractivity contribution >= 4 is 28.1 Å². The van der Waals surface area contributed by atoms with Crippen LogP contribution < -0.4 is 10.2 Å². The van der Waals surface area contributed by atoms with Crippen molar-refractivity contribution in [1.29, 1.82) is 0 Å². The second-order valence-electron chi connectivity index (χ2n) is 5.20. The number of aryl methyl sites for hydroxylation is 1. The van der Waals surface area contributed by atoms with Crippen LogP contribution in [0.15, 0.2) is 36.5 Å². The Labute approximate surface area is 137 Å². The highest BCUT2D eigenvalue weighted by Crippen LogP contribution is 2.33. The van der Waals surface area contributed by atoms with Crippen LogP contribution in [0.4, 0.5) is 21.2 Å². The molecule has 2 heterocycles. The summed E-state index contributed by atoms with van der Waals surface area (Å²) in [6.45, 7) is 1.97. The largest absolute Gasteiger partial charge is 0.354 e. The number of anilines is 3. The zero-order valence-electron chi connectivity index (χ0n) is 13.0. The molecule has 1 N–H and O–H groups in total. The van der Waals surface area contributed by atoms with Gasteiger partial charge < -0.3 is 10.2 Å². The van der Waals surface area contributed by atoms with Crippen molar-refractivity contribution < 1.29 is 4.39 Å². The minimum Gasteiger partial charge on any atom is -0.354 e. The van der Waals surface area contributed by atoms with Gasteiger partial charge in [-0.2, -0.15) is 0 Å². The van der Waals surface area contributed by atoms with E-state index in [2.05, 4.69) is 20.3 Å². The maximum Gasteiger partial charge on any atom is 0.227 e. The highest BCUT2D eigenvalue weighted by molar-refractivity contribution is 7.19. The fraction of sp³-hybridized carbons (Fsp3) is 0.188. The Kier molecular flexibility index (Phi) is 4.20. The Bertz CT molecular complexity index is 814. The first kappa shape index (κ1) is 15.4. The first-order chi connectivity index (χ1) is 11.0. The molecule has 0 unspecified atom stereocenters. The molecule has 0 aliphatic rings. The van der Waals surface area contributed by atoms with E-state index in [4.69, 9.17) is 0 Å². The molecule has 0 fully saturated rings. The van der Waals surface area contributed by atoms with Gasteiger partial charge in [0.2, 0.25) is 5.95 Å². The predicted molar refractivity (Wildman–Crippen MR) is 91.9 cm³/mol. The normalized spacial score (nSPS) is 10.6. The van der Waals surface area contributed by atoms with Crippen molar-refractivity contribution in [2.24, 2.45) is 0 Å². The molecule has 23 heavy (non-hydrogen) atoms. The van der Waals surface area contributed by atoms with E-state index in [0.717, 1.165) is 27.1 Å². The Morgan fingerprint density at radius 3 is 2.48 bits per heavy atom. The van der Waals surface area contributed by atoms with Crippen LogP contribution in [-0.4, -0.2) is 29.0 Å². The number of halogens is 1. The molecule has 0 aliphatic heterocycles. The van der Waals surface area contributed by atoms with Gasteiger partial charge in [0.15, 0.2) is 5.13 Å². The van der Waals surface area contributed by atoms with Crippen molar-refractivity contribution in [3.05, 3.63) is 48.0 Å². The van der Waals surface area contributed by atoms with E-state index in [1.165, 1.54) is 12.1 Å². The van der Waals surface area contributed by atoms with Gasteiger partial charge in [0.25, 0.3) is 0 Å². The molecule has 5 nitrogen and oxygen atoms in total. The zero-order chi connectivity index (χ0) is 16.4. The molecule has 0 bridgehead atoms. The van der Waals surface area contributed by atoms with Gasteiger partial charge in [-0.15, -0.1) is 0 Å². The summed E-state index contributed by atoms with van der Waals surface area (Å²) in [6, 6.07) is 7.93. The van der Waals surface area contributed by atoms with Gasteiger partial charge in [-0.05, 0) is 37.3 Å². The molecular formula is C16H16FN5S. The fourth-order valence-corrected chi connectivity index (χ4v) is 2.98. The number of thiazole rings is 1. The summed E-state index contributed by atoms with van der Waals surface area (Å²) < 4.78 is 13.0. The van der Waals surface area contributed by atoms with Crippen LogP contribution in [0.1, 0.15) is 5.69 Å². The lowest BCUT2D eigenvalue weighted by atomic mass is 10.3. The first-order valence-electron chi connectivity index (χ1n) is 7.03. The number of aromatic nitrogens is 3. The van der Waals surface area contributed by atoms with Gasteiger partial charge in [0.1, 0.15) is 5.82 Å². The monoisotopic (exact) mass is 329 g/mol. The molecular weight excluding hydrogens is 313 g/mol. The second-order valence-corrected chi connectivity index (χ2v) is 6.18. The van der Waals surface area contributed by atoms with Gasteiger partial charge in [0, 0.05) is 26.0 Å². The number of hydrogen-bond donors (Lipinski definition) is 1. The van der Waals surface area contributed by atoms with Gasteiger partial charge in [-0.1, -0.05) is 11.3 Å². The van der Waals surface area contributed by atoms with Gasteiger partial charge in [-0.3, -0.25) is 0 Å². The Morgan fingerprint density at radius 1 is 1.09 bits per heavy atom. The van der Waals surface area contributed by atoms with Crippen molar-refractivity contribution in [1.82, 2.24) is 15.0 Å². The molecule has 0 atom stereocenters. The predicted octanol–water partition coefficient (Wildman–Crippen LogP) is 3.86. The van der Waals surface area contributed by atoms with Gasteiger partial charge in [0.05, 0.1) is 16.3 Å². The van der Waals surface area contributed by atoms with Crippen molar-refractivity contribution in [2.45, 2.75) is 6.92 Å². The summed E-state index contributed by atoms with van der Waals surface area (Å²) >= 11 is 1.58. The average molecular weight is 329 g/mol. The minimum atomic E-state index is -0.276. The first-order valence-corrected chi connectivity index (χ1v) is 7.85. The van der Waals surface area contributed by atoms with Gasteiger partial charge >= 0.3 is 0 Å². The Balaban J connectivity index is 1.89. The molecule has 3 aromatic rings. The van der Waals surface area contributed by atoms with E-state index in [0.29, 0.717) is 5.95 Å². The average Bonchev–Trinajstić information content (AvgIpc) is 2.92. The lowest BCUT2D eigenvalue weighted by molar-refractivity contribution is 0.628. The van der Waals surface area contributed by atoms with Crippen molar-refractivity contribution in [2.75, 3.05) is 24.3 Å². The number of benzene rings is 1. The van der Waals surface area contributed by atoms with Crippen LogP contribution in [0.25, 0.3) is 10.6 Å². The quantitative estimate of drug-likeness (QED) is 0.788. The standard InChI is InChI=1S/C16H16FN5S/c1-10-14(23-16(19-10)22(2)3)13-8-9-18-15(21-13)20-12-6-4-11(17)5-7-12/h4-9H,1-3H3,(H,18,20,21). The molecule has 0 radical (unpaired) electrons. The van der Waals surface area contributed by atoms with E-state index >= 15 is 0 Å². The molecule has 2 aromatic heterocycles. The van der Waals surface area contributed by atoms with E-state index in [1.807, 2.05) is 32.0 Å². The number of nitrogens with one attached hydrogen (secondary N) is 1. The Morgan fingerprint density at radius 2 is 1.83 bits per heavy atom. The van der Waals surface area contributed by atoms with Crippen LogP contribution >= 0.6 is 11.3 Å². The molecule has 118 valence electrons. The maximum absolute atomic E-state index is 13.0. The number of hydrogen-bond acceptors (Lipinski definition) is 6. The summed E-state index contributed by atoms with van der Waals surface area (Å²) in [5.41, 5.74) is 2.48. The van der Waals surface area contributed by atoms with Crippen molar-refractivity contribution in [3.63, 3.8) is 0 Å². The molecule has 7 heteroatoms. The maximum atomic E-state index is 13.0. The summed E-state index contributed by atoms with van der Waals surface area (Å²) in [6.07, 6.45) is 1.70. The van der Waals surface area contributed by atoms with Crippen LogP contribution in [-0.2, 0) is 0 Å². The molecule has 0 spiro atoms. The fourth-order valence-electron chi connectivity index (χ4n) is 2.02. The number of rotatable bonds is 4.